The molecule has 3 aliphatic rings. The number of amides is 3. The maximum Gasteiger partial charge on any atom is 0.407 e. The van der Waals surface area contributed by atoms with Gasteiger partial charge in [-0.05, 0) is 119 Å². The maximum absolute atomic E-state index is 16.1. The lowest BCUT2D eigenvalue weighted by Gasteiger charge is -2.34. The molecule has 16 heteroatoms. The number of aromatic amines is 2. The largest absolute Gasteiger partial charge is 0.485 e. The molecule has 0 unspecified atom stereocenters. The molecule has 3 fully saturated rings. The summed E-state index contributed by atoms with van der Waals surface area (Å²) in [5.74, 6) is -0.171. The summed E-state index contributed by atoms with van der Waals surface area (Å²) >= 11 is 0. The van der Waals surface area contributed by atoms with E-state index in [9.17, 15) is 19.2 Å². The van der Waals surface area contributed by atoms with Crippen molar-refractivity contribution in [1.29, 1.82) is 0 Å². The van der Waals surface area contributed by atoms with Gasteiger partial charge in [0.2, 0.25) is 11.8 Å². The van der Waals surface area contributed by atoms with Gasteiger partial charge in [-0.15, -0.1) is 0 Å². The minimum atomic E-state index is -0.739. The van der Waals surface area contributed by atoms with Crippen molar-refractivity contribution in [2.75, 3.05) is 32.2 Å². The van der Waals surface area contributed by atoms with E-state index in [2.05, 4.69) is 44.5 Å². The summed E-state index contributed by atoms with van der Waals surface area (Å²) in [6, 6.07) is 16.1. The molecule has 0 bridgehead atoms. The molecule has 15 nitrogen and oxygen atoms in total. The van der Waals surface area contributed by atoms with Gasteiger partial charge in [0.05, 0.1) is 72.8 Å². The van der Waals surface area contributed by atoms with Crippen LogP contribution in [-0.4, -0.2) is 92.6 Å². The summed E-state index contributed by atoms with van der Waals surface area (Å²) < 4.78 is 31.8. The minimum Gasteiger partial charge on any atom is -0.485 e. The first kappa shape index (κ1) is 47.3. The highest BCUT2D eigenvalue weighted by Crippen LogP contribution is 2.49. The lowest BCUT2D eigenvalue weighted by Crippen LogP contribution is -2.51. The fraction of sp³-hybridized carbons (Fsp3) is 0.529. The highest BCUT2D eigenvalue weighted by Gasteiger charge is 2.41. The second-order valence-electron chi connectivity index (χ2n) is 20.0. The van der Waals surface area contributed by atoms with Crippen LogP contribution in [0.15, 0.2) is 54.6 Å². The second-order valence-corrected chi connectivity index (χ2v) is 20.0. The fourth-order valence-corrected chi connectivity index (χ4v) is 10.3. The normalized spacial score (nSPS) is 20.9. The van der Waals surface area contributed by atoms with Gasteiger partial charge in [-0.1, -0.05) is 39.8 Å². The molecule has 3 saturated heterocycles. The van der Waals surface area contributed by atoms with Crippen molar-refractivity contribution < 1.29 is 37.8 Å². The Morgan fingerprint density at radius 1 is 0.731 bits per heavy atom. The summed E-state index contributed by atoms with van der Waals surface area (Å²) in [6.45, 7) is 14.5. The number of imidazole rings is 2. The Morgan fingerprint density at radius 3 is 1.76 bits per heavy atom. The summed E-state index contributed by atoms with van der Waals surface area (Å²) in [5, 5.41) is 2.72. The molecule has 6 atom stereocenters. The van der Waals surface area contributed by atoms with Gasteiger partial charge in [0.15, 0.2) is 11.6 Å². The van der Waals surface area contributed by atoms with Crippen molar-refractivity contribution in [3.8, 4) is 5.75 Å². The number of benzene rings is 3. The first-order valence-corrected chi connectivity index (χ1v) is 23.7. The molecule has 0 spiro atoms. The van der Waals surface area contributed by atoms with Crippen LogP contribution in [0.2, 0.25) is 0 Å². The molecule has 8 rings (SSSR count). The van der Waals surface area contributed by atoms with E-state index in [0.29, 0.717) is 30.4 Å². The Bertz CT molecular complexity index is 2490. The number of halogens is 1. The number of anilines is 1. The lowest BCUT2D eigenvalue weighted by atomic mass is 9.91. The number of alkyl carbamates (subject to hydrolysis) is 1. The van der Waals surface area contributed by atoms with E-state index >= 15 is 4.39 Å². The zero-order valence-electron chi connectivity index (χ0n) is 40.2. The number of rotatable bonds is 13. The number of esters is 1. The van der Waals surface area contributed by atoms with Crippen LogP contribution in [-0.2, 0) is 23.9 Å². The van der Waals surface area contributed by atoms with Crippen molar-refractivity contribution >= 4 is 51.6 Å². The molecule has 0 radical (unpaired) electrons. The second kappa shape index (κ2) is 19.2. The van der Waals surface area contributed by atoms with E-state index in [1.54, 1.807) is 12.1 Å². The number of ether oxygens (including phenoxy) is 3. The topological polar surface area (TPSA) is 175 Å². The Balaban J connectivity index is 1.10. The van der Waals surface area contributed by atoms with Crippen LogP contribution in [0.4, 0.5) is 14.9 Å². The van der Waals surface area contributed by atoms with Gasteiger partial charge in [-0.25, -0.2) is 19.2 Å². The van der Waals surface area contributed by atoms with Crippen molar-refractivity contribution in [1.82, 2.24) is 35.1 Å². The summed E-state index contributed by atoms with van der Waals surface area (Å²) in [4.78, 5) is 75.4. The number of likely N-dealkylation sites (tertiary alicyclic amines) is 2. The zero-order chi connectivity index (χ0) is 47.9. The highest BCUT2D eigenvalue weighted by atomic mass is 19.1. The number of nitrogens with one attached hydrogen (secondary N) is 3. The third-order valence-electron chi connectivity index (χ3n) is 13.7. The molecule has 3 aliphatic heterocycles. The van der Waals surface area contributed by atoms with Gasteiger partial charge in [0.25, 0.3) is 0 Å². The van der Waals surface area contributed by atoms with E-state index in [-0.39, 0.29) is 60.0 Å². The first-order valence-electron chi connectivity index (χ1n) is 23.7. The average molecular weight is 921 g/mol. The minimum absolute atomic E-state index is 0.0326. The third kappa shape index (κ3) is 9.80. The molecule has 3 amide bonds. The summed E-state index contributed by atoms with van der Waals surface area (Å²) in [5.41, 5.74) is 5.43. The molecule has 0 saturated carbocycles. The van der Waals surface area contributed by atoms with Crippen LogP contribution in [0.25, 0.3) is 22.1 Å². The van der Waals surface area contributed by atoms with Gasteiger partial charge >= 0.3 is 12.1 Å². The monoisotopic (exact) mass is 920 g/mol. The average Bonchev–Trinajstić information content (AvgIpc) is 4.15. The number of hydrogen-bond acceptors (Lipinski definition) is 10. The molecule has 0 aliphatic carbocycles. The van der Waals surface area contributed by atoms with Gasteiger partial charge in [-0.2, -0.15) is 0 Å². The maximum atomic E-state index is 16.1. The predicted molar refractivity (Wildman–Crippen MR) is 253 cm³/mol. The number of aromatic nitrogens is 4. The quantitative estimate of drug-likeness (QED) is 0.0966. The number of nitrogens with zero attached hydrogens (tertiary/aromatic N) is 5. The molecule has 5 heterocycles. The Morgan fingerprint density at radius 2 is 1.28 bits per heavy atom. The van der Waals surface area contributed by atoms with Gasteiger partial charge in [0, 0.05) is 24.8 Å². The number of H-pyrrole nitrogens is 2. The van der Waals surface area contributed by atoms with E-state index in [1.165, 1.54) is 14.2 Å². The van der Waals surface area contributed by atoms with Gasteiger partial charge in [0.1, 0.15) is 23.3 Å². The number of hydrogen-bond donors (Lipinski definition) is 3. The summed E-state index contributed by atoms with van der Waals surface area (Å²) in [7, 11) is 2.63. The zero-order valence-corrected chi connectivity index (χ0v) is 40.2. The van der Waals surface area contributed by atoms with Crippen molar-refractivity contribution in [3.05, 3.63) is 83.2 Å². The van der Waals surface area contributed by atoms with Crippen LogP contribution < -0.4 is 15.0 Å². The van der Waals surface area contributed by atoms with E-state index in [4.69, 9.17) is 24.2 Å². The van der Waals surface area contributed by atoms with Crippen LogP contribution in [0.5, 0.6) is 5.75 Å². The molecule has 3 aromatic carbocycles. The van der Waals surface area contributed by atoms with Gasteiger partial charge in [-0.3, -0.25) is 14.4 Å². The number of carbonyl (C=O) groups is 4. The van der Waals surface area contributed by atoms with Crippen LogP contribution >= 0.6 is 0 Å². The number of carbonyl (C=O) groups excluding carboxylic acids is 4. The van der Waals surface area contributed by atoms with Crippen LogP contribution in [0.1, 0.15) is 140 Å². The van der Waals surface area contributed by atoms with Gasteiger partial charge < -0.3 is 44.2 Å². The third-order valence-corrected chi connectivity index (χ3v) is 13.7. The van der Waals surface area contributed by atoms with E-state index < -0.39 is 35.4 Å². The standard InChI is InChI=1S/C51H65FN8O7/c1-28(2)33(27-44(61)65-8)48(62)58-22-10-12-41(58)46-53-35-17-14-30(24-37(35)55-46)39-19-20-40(60(39)32-16-21-43(34(52)26-32)67-51(5,6)7)31-15-18-36-38(25-31)56-47(54-36)42-13-11-23-59(42)49(63)45(29(3)4)57-50(64)66-9/h14-18,21,24-26,28-29,33,39-42,45H,10-13,19-20,22-23,27H2,1-9H3,(H,53,55)(H,54,56)(H,57,64)/t33-,39+,40+,41-,42-,45-/m0/s1. The molecule has 67 heavy (non-hydrogen) atoms. The Kier molecular flexibility index (Phi) is 13.6. The highest BCUT2D eigenvalue weighted by molar-refractivity contribution is 5.87. The fourth-order valence-electron chi connectivity index (χ4n) is 10.3. The first-order chi connectivity index (χ1) is 31.9. The lowest BCUT2D eigenvalue weighted by molar-refractivity contribution is -0.148. The Hall–Kier alpha value is -6.19. The number of methoxy groups -OCH3 is 2. The number of fused-ring (bicyclic) bond motifs is 2. The molecular formula is C51H65FN8O7. The predicted octanol–water partition coefficient (Wildman–Crippen LogP) is 9.38. The molecule has 358 valence electrons. The van der Waals surface area contributed by atoms with E-state index in [0.717, 1.165) is 71.7 Å². The smallest absolute Gasteiger partial charge is 0.407 e. The molecule has 2 aromatic heterocycles. The van der Waals surface area contributed by atoms with E-state index in [1.807, 2.05) is 76.5 Å². The Labute approximate surface area is 391 Å². The van der Waals surface area contributed by atoms with Crippen LogP contribution in [0.3, 0.4) is 0 Å². The molecular weight excluding hydrogens is 856 g/mol. The SMILES string of the molecule is COC(=O)C[C@H](C(=O)N1CCC[C@H]1c1nc2ccc([C@H]3CC[C@H](c4ccc5nc([C@@H]6CCCN6C(=O)[C@@H](NC(=O)OC)C(C)C)[nH]c5c4)N3c3ccc(OC(C)(C)C)c(F)c3)cc2[nH]1)C(C)C. The van der Waals surface area contributed by atoms with Crippen molar-refractivity contribution in [2.45, 2.75) is 129 Å². The molecule has 3 N–H and O–H groups in total. The summed E-state index contributed by atoms with van der Waals surface area (Å²) in [6.07, 6.45) is 4.07. The molecule has 5 aromatic rings. The van der Waals surface area contributed by atoms with Crippen LogP contribution in [0, 0.1) is 23.6 Å². The van der Waals surface area contributed by atoms with Crippen molar-refractivity contribution in [3.63, 3.8) is 0 Å². The van der Waals surface area contributed by atoms with Crippen molar-refractivity contribution in [2.24, 2.45) is 17.8 Å².